The van der Waals surface area contributed by atoms with Crippen LogP contribution in [0.25, 0.3) is 11.5 Å². The monoisotopic (exact) mass is 545 g/mol. The molecule has 0 aliphatic carbocycles. The Labute approximate surface area is 223 Å². The molecule has 0 saturated carbocycles. The van der Waals surface area contributed by atoms with E-state index in [2.05, 4.69) is 29.9 Å². The molecule has 0 spiro atoms. The van der Waals surface area contributed by atoms with E-state index in [9.17, 15) is 8.42 Å². The number of nitrogens with one attached hydrogen (secondary N) is 1. The van der Waals surface area contributed by atoms with E-state index in [1.54, 1.807) is 42.1 Å². The fourth-order valence-corrected chi connectivity index (χ4v) is 5.42. The Kier molecular flexibility index (Phi) is 8.58. The minimum Gasteiger partial charge on any atom is -0.481 e. The van der Waals surface area contributed by atoms with Crippen molar-refractivity contribution in [2.75, 3.05) is 18.4 Å². The number of aryl methyl sites for hydroxylation is 1. The Morgan fingerprint density at radius 1 is 1.13 bits per heavy atom. The van der Waals surface area contributed by atoms with Gasteiger partial charge in [-0.05, 0) is 59.1 Å². The highest BCUT2D eigenvalue weighted by atomic mass is 32.2. The van der Waals surface area contributed by atoms with Crippen molar-refractivity contribution in [1.82, 2.24) is 29.7 Å². The summed E-state index contributed by atoms with van der Waals surface area (Å²) in [5.41, 5.74) is 1.36. The van der Waals surface area contributed by atoms with Crippen LogP contribution in [-0.2, 0) is 19.5 Å². The summed E-state index contributed by atoms with van der Waals surface area (Å²) in [7, 11) is -2.51. The van der Waals surface area contributed by atoms with Crippen LogP contribution in [-0.4, -0.2) is 69.3 Å². The van der Waals surface area contributed by atoms with Crippen molar-refractivity contribution in [2.45, 2.75) is 77.1 Å². The molecule has 1 fully saturated rings. The molecule has 4 heterocycles. The maximum Gasteiger partial charge on any atom is 0.240 e. The van der Waals surface area contributed by atoms with Crippen molar-refractivity contribution >= 4 is 16.0 Å². The fraction of sp³-hybridized carbons (Fsp3) is 0.560. The van der Waals surface area contributed by atoms with Gasteiger partial charge in [-0.1, -0.05) is 6.07 Å². The minimum atomic E-state index is -4.04. The van der Waals surface area contributed by atoms with Gasteiger partial charge in [0.25, 0.3) is 0 Å². The smallest absolute Gasteiger partial charge is 0.240 e. The van der Waals surface area contributed by atoms with E-state index >= 15 is 0 Å². The zero-order valence-electron chi connectivity index (χ0n) is 22.5. The number of aromatic nitrogens is 6. The van der Waals surface area contributed by atoms with Gasteiger partial charge in [-0.25, -0.2) is 23.4 Å². The molecule has 3 aromatic heterocycles. The molecule has 13 heteroatoms. The van der Waals surface area contributed by atoms with Gasteiger partial charge < -0.3 is 14.2 Å². The average Bonchev–Trinajstić information content (AvgIpc) is 3.57. The predicted octanol–water partition coefficient (Wildman–Crippen LogP) is 3.48. The molecule has 0 bridgehead atoms. The SMILES string of the molecule is COc1cccc(-c2nnc(NS(=O)(=O)[C@@H](C)[C@@H](OC(C)C)c3ncc(C)cn3)n2[C@@H](C)[C@@H]2CCCO2)n1. The van der Waals surface area contributed by atoms with Gasteiger partial charge in [-0.15, -0.1) is 10.2 Å². The quantitative estimate of drug-likeness (QED) is 0.380. The molecule has 0 radical (unpaired) electrons. The van der Waals surface area contributed by atoms with Crippen LogP contribution in [0.1, 0.15) is 64.1 Å². The van der Waals surface area contributed by atoms with Crippen LogP contribution in [0, 0.1) is 6.92 Å². The number of hydrogen-bond donors (Lipinski definition) is 1. The van der Waals surface area contributed by atoms with Gasteiger partial charge in [0.1, 0.15) is 17.0 Å². The molecule has 0 amide bonds. The Hall–Kier alpha value is -3.16. The Bertz CT molecular complexity index is 1320. The lowest BCUT2D eigenvalue weighted by atomic mass is 10.1. The zero-order valence-corrected chi connectivity index (χ0v) is 23.3. The molecule has 1 aliphatic rings. The summed E-state index contributed by atoms with van der Waals surface area (Å²) < 4.78 is 49.0. The summed E-state index contributed by atoms with van der Waals surface area (Å²) in [5.74, 6) is 1.16. The topological polar surface area (TPSA) is 143 Å². The van der Waals surface area contributed by atoms with Crippen LogP contribution < -0.4 is 9.46 Å². The van der Waals surface area contributed by atoms with Gasteiger partial charge in [0.2, 0.25) is 21.9 Å². The normalized spacial score (nSPS) is 18.3. The fourth-order valence-electron chi connectivity index (χ4n) is 4.33. The van der Waals surface area contributed by atoms with Crippen LogP contribution in [0.3, 0.4) is 0 Å². The minimum absolute atomic E-state index is 0.0626. The van der Waals surface area contributed by atoms with E-state index in [-0.39, 0.29) is 30.0 Å². The van der Waals surface area contributed by atoms with Crippen molar-refractivity contribution in [3.8, 4) is 17.4 Å². The molecule has 1 saturated heterocycles. The molecule has 0 unspecified atom stereocenters. The van der Waals surface area contributed by atoms with Gasteiger partial charge >= 0.3 is 0 Å². The highest BCUT2D eigenvalue weighted by Crippen LogP contribution is 2.33. The first-order valence-electron chi connectivity index (χ1n) is 12.6. The van der Waals surface area contributed by atoms with Crippen molar-refractivity contribution in [2.24, 2.45) is 0 Å². The second kappa shape index (κ2) is 11.7. The average molecular weight is 546 g/mol. The summed E-state index contributed by atoms with van der Waals surface area (Å²) in [6.45, 7) is 9.69. The first-order chi connectivity index (χ1) is 18.1. The molecule has 1 aliphatic heterocycles. The van der Waals surface area contributed by atoms with Gasteiger partial charge in [0.15, 0.2) is 11.6 Å². The number of sulfonamides is 1. The molecule has 3 aromatic rings. The number of anilines is 1. The maximum absolute atomic E-state index is 13.7. The second-order valence-electron chi connectivity index (χ2n) is 9.65. The molecule has 206 valence electrons. The van der Waals surface area contributed by atoms with E-state index in [0.717, 1.165) is 18.4 Å². The largest absolute Gasteiger partial charge is 0.481 e. The Balaban J connectivity index is 1.71. The standard InChI is InChI=1S/C25H35N7O5S/c1-15(2)37-22(23-26-13-16(3)14-27-23)18(5)38(33,34)31-25-30-29-24(19-9-7-11-21(28-19)35-6)32(25)17(4)20-10-8-12-36-20/h7,9,11,13-15,17-18,20,22H,8,10,12H2,1-6H3,(H,30,31)/t17-,18-,20-,22+/m0/s1. The highest BCUT2D eigenvalue weighted by Gasteiger charge is 2.37. The van der Waals surface area contributed by atoms with Crippen molar-refractivity contribution < 1.29 is 22.6 Å². The second-order valence-corrected chi connectivity index (χ2v) is 11.7. The first-order valence-corrected chi connectivity index (χ1v) is 14.2. The third kappa shape index (κ3) is 6.11. The van der Waals surface area contributed by atoms with Crippen LogP contribution >= 0.6 is 0 Å². The summed E-state index contributed by atoms with van der Waals surface area (Å²) in [5, 5.41) is 7.50. The highest BCUT2D eigenvalue weighted by molar-refractivity contribution is 7.93. The molecule has 4 rings (SSSR count). The van der Waals surface area contributed by atoms with Gasteiger partial charge in [0.05, 0.1) is 25.4 Å². The number of ether oxygens (including phenoxy) is 3. The molecular formula is C25H35N7O5S. The Morgan fingerprint density at radius 2 is 1.87 bits per heavy atom. The van der Waals surface area contributed by atoms with Crippen LogP contribution in [0.2, 0.25) is 0 Å². The van der Waals surface area contributed by atoms with E-state index < -0.39 is 21.4 Å². The summed E-state index contributed by atoms with van der Waals surface area (Å²) in [4.78, 5) is 13.2. The molecule has 0 aromatic carbocycles. The van der Waals surface area contributed by atoms with E-state index in [1.807, 2.05) is 27.7 Å². The van der Waals surface area contributed by atoms with Crippen molar-refractivity contribution in [3.05, 3.63) is 42.0 Å². The maximum atomic E-state index is 13.7. The molecule has 1 N–H and O–H groups in total. The lowest BCUT2D eigenvalue weighted by molar-refractivity contribution is 0.00152. The van der Waals surface area contributed by atoms with Crippen LogP contribution in [0.4, 0.5) is 5.95 Å². The first kappa shape index (κ1) is 27.9. The molecular weight excluding hydrogens is 510 g/mol. The number of hydrogen-bond acceptors (Lipinski definition) is 10. The van der Waals surface area contributed by atoms with Gasteiger partial charge in [-0.3, -0.25) is 9.29 Å². The van der Waals surface area contributed by atoms with E-state index in [0.29, 0.717) is 24.0 Å². The molecule has 12 nitrogen and oxygen atoms in total. The zero-order chi connectivity index (χ0) is 27.4. The third-order valence-corrected chi connectivity index (χ3v) is 8.08. The number of rotatable bonds is 11. The van der Waals surface area contributed by atoms with Gasteiger partial charge in [-0.2, -0.15) is 0 Å². The van der Waals surface area contributed by atoms with Crippen molar-refractivity contribution in [1.29, 1.82) is 0 Å². The van der Waals surface area contributed by atoms with Crippen LogP contribution in [0.5, 0.6) is 5.88 Å². The predicted molar refractivity (Wildman–Crippen MR) is 141 cm³/mol. The van der Waals surface area contributed by atoms with E-state index in [4.69, 9.17) is 14.2 Å². The third-order valence-electron chi connectivity index (χ3n) is 6.39. The lowest BCUT2D eigenvalue weighted by Crippen LogP contribution is -2.35. The summed E-state index contributed by atoms with van der Waals surface area (Å²) >= 11 is 0. The number of nitrogens with zero attached hydrogens (tertiary/aromatic N) is 6. The van der Waals surface area contributed by atoms with Gasteiger partial charge in [0, 0.05) is 25.1 Å². The van der Waals surface area contributed by atoms with Crippen molar-refractivity contribution in [3.63, 3.8) is 0 Å². The Morgan fingerprint density at radius 3 is 2.50 bits per heavy atom. The number of pyridine rings is 1. The lowest BCUT2D eigenvalue weighted by Gasteiger charge is -2.27. The molecule has 4 atom stereocenters. The number of methoxy groups -OCH3 is 1. The summed E-state index contributed by atoms with van der Waals surface area (Å²) in [6.07, 6.45) is 3.75. The van der Waals surface area contributed by atoms with Crippen LogP contribution in [0.15, 0.2) is 30.6 Å². The molecule has 38 heavy (non-hydrogen) atoms. The summed E-state index contributed by atoms with van der Waals surface area (Å²) in [6, 6.07) is 5.01. The van der Waals surface area contributed by atoms with E-state index in [1.165, 1.54) is 7.11 Å².